The molecule has 2 nitrogen and oxygen atoms in total. The Bertz CT molecular complexity index is 587. The number of rotatable bonds is 2. The van der Waals surface area contributed by atoms with Crippen molar-refractivity contribution in [1.29, 1.82) is 0 Å². The molecule has 0 saturated heterocycles. The fraction of sp³-hybridized carbons (Fsp3) is 0.0769. The lowest BCUT2D eigenvalue weighted by atomic mass is 10.2. The monoisotopic (exact) mass is 268 g/mol. The van der Waals surface area contributed by atoms with Crippen LogP contribution in [0.4, 0.5) is 25.8 Å². The molecule has 0 radical (unpaired) electrons. The van der Waals surface area contributed by atoms with Crippen LogP contribution in [0, 0.1) is 11.6 Å². The maximum atomic E-state index is 13.4. The van der Waals surface area contributed by atoms with E-state index in [2.05, 4.69) is 0 Å². The molecule has 0 unspecified atom stereocenters. The number of anilines is 3. The maximum Gasteiger partial charge on any atom is 0.144 e. The van der Waals surface area contributed by atoms with Crippen molar-refractivity contribution in [2.75, 3.05) is 17.7 Å². The van der Waals surface area contributed by atoms with E-state index in [9.17, 15) is 8.78 Å². The molecule has 94 valence electrons. The highest BCUT2D eigenvalue weighted by Crippen LogP contribution is 2.32. The Balaban J connectivity index is 2.46. The molecule has 18 heavy (non-hydrogen) atoms. The molecule has 2 aromatic rings. The zero-order chi connectivity index (χ0) is 13.3. The van der Waals surface area contributed by atoms with Crippen molar-refractivity contribution < 1.29 is 8.78 Å². The second-order valence-corrected chi connectivity index (χ2v) is 4.27. The van der Waals surface area contributed by atoms with Crippen molar-refractivity contribution in [2.24, 2.45) is 0 Å². The molecule has 0 atom stereocenters. The SMILES string of the molecule is CN(c1cccc(F)c1)c1cc(F)c(Cl)cc1N. The van der Waals surface area contributed by atoms with Crippen LogP contribution < -0.4 is 10.6 Å². The zero-order valence-corrected chi connectivity index (χ0v) is 10.4. The highest BCUT2D eigenvalue weighted by molar-refractivity contribution is 6.31. The van der Waals surface area contributed by atoms with E-state index in [4.69, 9.17) is 17.3 Å². The Morgan fingerprint density at radius 1 is 1.17 bits per heavy atom. The molecular weight excluding hydrogens is 258 g/mol. The molecule has 2 rings (SSSR count). The number of nitrogen functional groups attached to an aromatic ring is 1. The highest BCUT2D eigenvalue weighted by atomic mass is 35.5. The van der Waals surface area contributed by atoms with Gasteiger partial charge < -0.3 is 10.6 Å². The summed E-state index contributed by atoms with van der Waals surface area (Å²) in [6.07, 6.45) is 0. The van der Waals surface area contributed by atoms with Crippen LogP contribution >= 0.6 is 11.6 Å². The predicted octanol–water partition coefficient (Wildman–Crippen LogP) is 3.97. The van der Waals surface area contributed by atoms with Gasteiger partial charge in [-0.2, -0.15) is 0 Å². The van der Waals surface area contributed by atoms with Gasteiger partial charge in [0.15, 0.2) is 0 Å². The molecule has 0 aliphatic carbocycles. The van der Waals surface area contributed by atoms with Gasteiger partial charge in [-0.15, -0.1) is 0 Å². The fourth-order valence-corrected chi connectivity index (χ4v) is 1.84. The van der Waals surface area contributed by atoms with Crippen LogP contribution in [0.5, 0.6) is 0 Å². The second kappa shape index (κ2) is 4.82. The number of hydrogen-bond acceptors (Lipinski definition) is 2. The number of nitrogens with zero attached hydrogens (tertiary/aromatic N) is 1. The number of nitrogens with two attached hydrogens (primary N) is 1. The quantitative estimate of drug-likeness (QED) is 0.835. The van der Waals surface area contributed by atoms with Crippen molar-refractivity contribution in [2.45, 2.75) is 0 Å². The van der Waals surface area contributed by atoms with Crippen LogP contribution in [0.1, 0.15) is 0 Å². The smallest absolute Gasteiger partial charge is 0.144 e. The van der Waals surface area contributed by atoms with Gasteiger partial charge in [-0.25, -0.2) is 8.78 Å². The predicted molar refractivity (Wildman–Crippen MR) is 70.3 cm³/mol. The Labute approximate surface area is 109 Å². The second-order valence-electron chi connectivity index (χ2n) is 3.86. The van der Waals surface area contributed by atoms with Crippen LogP contribution in [0.2, 0.25) is 5.02 Å². The molecule has 0 saturated carbocycles. The van der Waals surface area contributed by atoms with E-state index in [0.717, 1.165) is 0 Å². The third-order valence-corrected chi connectivity index (χ3v) is 2.92. The minimum absolute atomic E-state index is 0.0381. The van der Waals surface area contributed by atoms with Crippen LogP contribution in [0.3, 0.4) is 0 Å². The lowest BCUT2D eigenvalue weighted by Gasteiger charge is -2.21. The molecule has 5 heteroatoms. The summed E-state index contributed by atoms with van der Waals surface area (Å²) in [6.45, 7) is 0. The van der Waals surface area contributed by atoms with Gasteiger partial charge in [0.05, 0.1) is 16.4 Å². The summed E-state index contributed by atoms with van der Waals surface area (Å²) < 4.78 is 26.6. The van der Waals surface area contributed by atoms with Crippen molar-refractivity contribution in [3.63, 3.8) is 0 Å². The fourth-order valence-electron chi connectivity index (χ4n) is 1.67. The van der Waals surface area contributed by atoms with Gasteiger partial charge in [-0.3, -0.25) is 0 Å². The van der Waals surface area contributed by atoms with E-state index in [1.54, 1.807) is 24.1 Å². The van der Waals surface area contributed by atoms with E-state index >= 15 is 0 Å². The summed E-state index contributed by atoms with van der Waals surface area (Å²) >= 11 is 5.63. The van der Waals surface area contributed by atoms with Crippen molar-refractivity contribution in [3.05, 3.63) is 53.1 Å². The van der Waals surface area contributed by atoms with Gasteiger partial charge in [0, 0.05) is 18.8 Å². The van der Waals surface area contributed by atoms with Gasteiger partial charge in [-0.1, -0.05) is 17.7 Å². The lowest BCUT2D eigenvalue weighted by molar-refractivity contribution is 0.627. The van der Waals surface area contributed by atoms with Crippen LogP contribution in [0.15, 0.2) is 36.4 Å². The van der Waals surface area contributed by atoms with Gasteiger partial charge in [0.1, 0.15) is 11.6 Å². The van der Waals surface area contributed by atoms with E-state index in [1.807, 2.05) is 0 Å². The summed E-state index contributed by atoms with van der Waals surface area (Å²) in [5, 5.41) is -0.0381. The Morgan fingerprint density at radius 3 is 2.56 bits per heavy atom. The maximum absolute atomic E-state index is 13.4. The van der Waals surface area contributed by atoms with E-state index in [1.165, 1.54) is 24.3 Å². The number of hydrogen-bond donors (Lipinski definition) is 1. The largest absolute Gasteiger partial charge is 0.397 e. The zero-order valence-electron chi connectivity index (χ0n) is 9.62. The Morgan fingerprint density at radius 2 is 1.89 bits per heavy atom. The molecule has 0 bridgehead atoms. The topological polar surface area (TPSA) is 29.3 Å². The molecule has 0 aliphatic heterocycles. The van der Waals surface area contributed by atoms with Crippen molar-refractivity contribution >= 4 is 28.7 Å². The molecule has 2 N–H and O–H groups in total. The number of benzene rings is 2. The normalized spacial score (nSPS) is 10.4. The highest BCUT2D eigenvalue weighted by Gasteiger charge is 2.12. The number of halogens is 3. The lowest BCUT2D eigenvalue weighted by Crippen LogP contribution is -2.12. The Hall–Kier alpha value is -1.81. The summed E-state index contributed by atoms with van der Waals surface area (Å²) in [7, 11) is 1.67. The van der Waals surface area contributed by atoms with Gasteiger partial charge >= 0.3 is 0 Å². The van der Waals surface area contributed by atoms with Gasteiger partial charge in [-0.05, 0) is 24.3 Å². The summed E-state index contributed by atoms with van der Waals surface area (Å²) in [6, 6.07) is 8.51. The molecule has 0 amide bonds. The minimum Gasteiger partial charge on any atom is -0.397 e. The first-order chi connectivity index (χ1) is 8.49. The van der Waals surface area contributed by atoms with Crippen LogP contribution in [-0.4, -0.2) is 7.05 Å². The third-order valence-electron chi connectivity index (χ3n) is 2.63. The molecule has 2 aromatic carbocycles. The summed E-state index contributed by atoms with van der Waals surface area (Å²) in [4.78, 5) is 1.60. The van der Waals surface area contributed by atoms with E-state index in [0.29, 0.717) is 17.1 Å². The van der Waals surface area contributed by atoms with E-state index in [-0.39, 0.29) is 10.8 Å². The van der Waals surface area contributed by atoms with Crippen molar-refractivity contribution in [1.82, 2.24) is 0 Å². The summed E-state index contributed by atoms with van der Waals surface area (Å²) in [5.41, 5.74) is 7.11. The van der Waals surface area contributed by atoms with E-state index < -0.39 is 5.82 Å². The molecule has 0 aliphatic rings. The average Bonchev–Trinajstić information content (AvgIpc) is 2.33. The molecule has 0 aromatic heterocycles. The first kappa shape index (κ1) is 12.6. The van der Waals surface area contributed by atoms with Gasteiger partial charge in [0.2, 0.25) is 0 Å². The standard InChI is InChI=1S/C13H11ClF2N2/c1-18(9-4-2-3-8(15)5-9)13-7-11(16)10(14)6-12(13)17/h2-7H,17H2,1H3. The van der Waals surface area contributed by atoms with Crippen LogP contribution in [0.25, 0.3) is 0 Å². The minimum atomic E-state index is -0.566. The van der Waals surface area contributed by atoms with Crippen molar-refractivity contribution in [3.8, 4) is 0 Å². The first-order valence-electron chi connectivity index (χ1n) is 5.23. The molecule has 0 spiro atoms. The average molecular weight is 269 g/mol. The Kier molecular flexibility index (Phi) is 3.39. The van der Waals surface area contributed by atoms with Gasteiger partial charge in [0.25, 0.3) is 0 Å². The first-order valence-corrected chi connectivity index (χ1v) is 5.60. The summed E-state index contributed by atoms with van der Waals surface area (Å²) in [5.74, 6) is -0.934. The molecular formula is C13H11ClF2N2. The third kappa shape index (κ3) is 2.38. The molecule has 0 heterocycles. The van der Waals surface area contributed by atoms with Crippen LogP contribution in [-0.2, 0) is 0 Å². The molecule has 0 fully saturated rings.